The number of aliphatic hydroxyl groups is 2. The second kappa shape index (κ2) is 20.6. The van der Waals surface area contributed by atoms with E-state index in [-0.39, 0.29) is 71.4 Å². The normalized spacial score (nSPS) is 18.0. The lowest BCUT2D eigenvalue weighted by molar-refractivity contribution is 0.00523. The molecule has 0 saturated carbocycles. The highest BCUT2D eigenvalue weighted by atomic mass is 79.9. The Kier molecular flexibility index (Phi) is 13.6. The van der Waals surface area contributed by atoms with E-state index in [2.05, 4.69) is 15.9 Å². The van der Waals surface area contributed by atoms with Crippen molar-refractivity contribution in [2.45, 2.75) is 63.2 Å². The van der Waals surface area contributed by atoms with Crippen LogP contribution < -0.4 is 28.4 Å². The van der Waals surface area contributed by atoms with Crippen LogP contribution in [0.1, 0.15) is 68.2 Å². The first-order chi connectivity index (χ1) is 34.6. The van der Waals surface area contributed by atoms with Crippen molar-refractivity contribution in [2.75, 3.05) is 0 Å². The number of fused-ring (bicyclic) bond motifs is 2. The number of hydrogen-bond acceptors (Lipinski definition) is 12. The Hall–Kier alpha value is -7.84. The second-order valence-corrected chi connectivity index (χ2v) is 18.2. The van der Waals surface area contributed by atoms with Crippen LogP contribution in [-0.4, -0.2) is 42.8 Å². The van der Waals surface area contributed by atoms with E-state index in [4.69, 9.17) is 28.4 Å². The van der Waals surface area contributed by atoms with Gasteiger partial charge in [0.25, 0.3) is 0 Å². The molecule has 12 nitrogen and oxygen atoms in total. The predicted molar refractivity (Wildman–Crippen MR) is 268 cm³/mol. The molecule has 2 heterocycles. The van der Waals surface area contributed by atoms with Gasteiger partial charge in [0.1, 0.15) is 71.5 Å². The van der Waals surface area contributed by atoms with Crippen LogP contribution in [0, 0.1) is 0 Å². The van der Waals surface area contributed by atoms with Crippen LogP contribution in [0.4, 0.5) is 0 Å². The number of phenols is 4. The Labute approximate surface area is 418 Å². The minimum Gasteiger partial charge on any atom is -0.507 e. The molecular weight excluding hydrogens is 969 g/mol. The molecule has 0 fully saturated rings. The molecule has 0 aromatic heterocycles. The topological polar surface area (TPSA) is 177 Å². The standard InChI is InChI=1S/C58H49BrO12/c59-52-54(64)51(53(63)41-29-44(62)56(71-58(41)52)38-21-23-42(60)43(61)25-38)50-49-47(69-33-37-19-11-4-12-20-37)27-40(66-30-34-13-5-1-6-14-34)28-48(49)70-57(55(50)65)39-22-24-45(67-31-35-15-7-2-8-16-35)46(26-39)68-32-36-17-9-3-10-18-36/h1-28,44,50,55-57,60-65H,29-33H2. The lowest BCUT2D eigenvalue weighted by atomic mass is 9.77. The average molecular weight is 1020 g/mol. The number of aromatic hydroxyl groups is 4. The molecule has 8 aromatic carbocycles. The highest BCUT2D eigenvalue weighted by Gasteiger charge is 2.46. The molecule has 6 N–H and O–H groups in total. The van der Waals surface area contributed by atoms with Crippen molar-refractivity contribution in [3.8, 4) is 57.5 Å². The number of phenolic OH excluding ortho intramolecular Hbond substituents is 4. The van der Waals surface area contributed by atoms with Gasteiger partial charge in [0.2, 0.25) is 0 Å². The number of ether oxygens (including phenoxy) is 6. The first kappa shape index (κ1) is 46.9. The highest BCUT2D eigenvalue weighted by Crippen LogP contribution is 2.59. The van der Waals surface area contributed by atoms with Gasteiger partial charge in [-0.1, -0.05) is 133 Å². The summed E-state index contributed by atoms with van der Waals surface area (Å²) in [5.41, 5.74) is 4.86. The van der Waals surface area contributed by atoms with Crippen molar-refractivity contribution in [1.82, 2.24) is 0 Å². The van der Waals surface area contributed by atoms with Crippen LogP contribution in [0.3, 0.4) is 0 Å². The van der Waals surface area contributed by atoms with Gasteiger partial charge in [-0.05, 0) is 73.6 Å². The van der Waals surface area contributed by atoms with Crippen molar-refractivity contribution >= 4 is 15.9 Å². The zero-order valence-corrected chi connectivity index (χ0v) is 39.7. The van der Waals surface area contributed by atoms with Crippen molar-refractivity contribution in [3.63, 3.8) is 0 Å². The molecule has 13 heteroatoms. The molecule has 5 unspecified atom stereocenters. The zero-order valence-electron chi connectivity index (χ0n) is 38.1. The molecular formula is C58H49BrO12. The summed E-state index contributed by atoms with van der Waals surface area (Å²) in [6.45, 7) is 0.795. The summed E-state index contributed by atoms with van der Waals surface area (Å²) in [5.74, 6) is -1.12. The predicted octanol–water partition coefficient (Wildman–Crippen LogP) is 11.3. The molecule has 0 amide bonds. The molecule has 8 aromatic rings. The largest absolute Gasteiger partial charge is 0.507 e. The molecule has 2 aliphatic heterocycles. The van der Waals surface area contributed by atoms with Crippen LogP contribution in [-0.2, 0) is 32.8 Å². The fraction of sp³-hybridized carbons (Fsp3) is 0.172. The monoisotopic (exact) mass is 1020 g/mol. The van der Waals surface area contributed by atoms with Gasteiger partial charge in [0, 0.05) is 35.2 Å². The van der Waals surface area contributed by atoms with Gasteiger partial charge in [0.15, 0.2) is 35.2 Å². The summed E-state index contributed by atoms with van der Waals surface area (Å²) in [5, 5.41) is 69.8. The Morgan fingerprint density at radius 3 is 1.58 bits per heavy atom. The third-order valence-corrected chi connectivity index (χ3v) is 13.4. The van der Waals surface area contributed by atoms with Crippen LogP contribution in [0.25, 0.3) is 0 Å². The molecule has 0 bridgehead atoms. The van der Waals surface area contributed by atoms with E-state index in [9.17, 15) is 30.6 Å². The lowest BCUT2D eigenvalue weighted by Gasteiger charge is -2.40. The molecule has 0 spiro atoms. The fourth-order valence-electron chi connectivity index (χ4n) is 9.07. The van der Waals surface area contributed by atoms with E-state index in [1.165, 1.54) is 18.2 Å². The molecule has 360 valence electrons. The van der Waals surface area contributed by atoms with E-state index in [1.807, 2.05) is 121 Å². The number of halogens is 1. The second-order valence-electron chi connectivity index (χ2n) is 17.4. The smallest absolute Gasteiger partial charge is 0.162 e. The number of benzene rings is 8. The minimum atomic E-state index is -1.53. The van der Waals surface area contributed by atoms with Crippen molar-refractivity contribution in [2.24, 2.45) is 0 Å². The maximum Gasteiger partial charge on any atom is 0.162 e. The minimum absolute atomic E-state index is 0.0430. The van der Waals surface area contributed by atoms with Crippen molar-refractivity contribution < 1.29 is 59.1 Å². The molecule has 0 saturated heterocycles. The maximum atomic E-state index is 13.0. The van der Waals surface area contributed by atoms with Crippen LogP contribution in [0.2, 0.25) is 0 Å². The summed E-state index contributed by atoms with van der Waals surface area (Å²) >= 11 is 3.55. The summed E-state index contributed by atoms with van der Waals surface area (Å²) < 4.78 is 39.1. The molecule has 71 heavy (non-hydrogen) atoms. The Balaban J connectivity index is 1.10. The number of aliphatic hydroxyl groups excluding tert-OH is 2. The molecule has 0 radical (unpaired) electrons. The van der Waals surface area contributed by atoms with E-state index in [0.29, 0.717) is 33.9 Å². The third kappa shape index (κ3) is 9.98. The zero-order chi connectivity index (χ0) is 49.0. The number of rotatable bonds is 15. The Bertz CT molecular complexity index is 3140. The van der Waals surface area contributed by atoms with Gasteiger partial charge in [-0.15, -0.1) is 0 Å². The van der Waals surface area contributed by atoms with E-state index in [0.717, 1.165) is 22.3 Å². The van der Waals surface area contributed by atoms with Gasteiger partial charge in [-0.2, -0.15) is 0 Å². The SMILES string of the molecule is Oc1ccc(C2Oc3c(Br)c(O)c(C4c5c(OCc6ccccc6)cc(OCc6ccccc6)cc5OC(c5ccc(OCc6ccccc6)c(OCc6ccccc6)c5)C4O)c(O)c3CC2O)cc1O. The molecule has 10 rings (SSSR count). The van der Waals surface area contributed by atoms with Gasteiger partial charge < -0.3 is 59.1 Å². The fourth-order valence-corrected chi connectivity index (χ4v) is 9.62. The van der Waals surface area contributed by atoms with Gasteiger partial charge in [-0.3, -0.25) is 0 Å². The van der Waals surface area contributed by atoms with Gasteiger partial charge in [-0.25, -0.2) is 0 Å². The van der Waals surface area contributed by atoms with Crippen molar-refractivity contribution in [1.29, 1.82) is 0 Å². The van der Waals surface area contributed by atoms with Crippen LogP contribution >= 0.6 is 15.9 Å². The molecule has 2 aliphatic rings. The maximum absolute atomic E-state index is 13.0. The highest BCUT2D eigenvalue weighted by molar-refractivity contribution is 9.10. The van der Waals surface area contributed by atoms with E-state index < -0.39 is 47.6 Å². The lowest BCUT2D eigenvalue weighted by Crippen LogP contribution is -2.36. The third-order valence-electron chi connectivity index (χ3n) is 12.7. The Morgan fingerprint density at radius 1 is 0.479 bits per heavy atom. The van der Waals surface area contributed by atoms with Crippen LogP contribution in [0.5, 0.6) is 57.5 Å². The quantitative estimate of drug-likeness (QED) is 0.0537. The first-order valence-corrected chi connectivity index (χ1v) is 23.8. The molecule has 0 aliphatic carbocycles. The summed E-state index contributed by atoms with van der Waals surface area (Å²) in [6, 6.07) is 51.4. The Morgan fingerprint density at radius 2 is 1.00 bits per heavy atom. The van der Waals surface area contributed by atoms with Crippen LogP contribution in [0.15, 0.2) is 174 Å². The average Bonchev–Trinajstić information content (AvgIpc) is 3.40. The summed E-state index contributed by atoms with van der Waals surface area (Å²) in [4.78, 5) is 0. The summed E-state index contributed by atoms with van der Waals surface area (Å²) in [7, 11) is 0. The van der Waals surface area contributed by atoms with Crippen molar-refractivity contribution in [3.05, 3.63) is 224 Å². The van der Waals surface area contributed by atoms with E-state index in [1.54, 1.807) is 30.3 Å². The molecule has 5 atom stereocenters. The van der Waals surface area contributed by atoms with Gasteiger partial charge >= 0.3 is 0 Å². The summed E-state index contributed by atoms with van der Waals surface area (Å²) in [6.07, 6.45) is -5.17. The first-order valence-electron chi connectivity index (χ1n) is 23.1. The van der Waals surface area contributed by atoms with Gasteiger partial charge in [0.05, 0.1) is 12.0 Å². The number of hydrogen-bond donors (Lipinski definition) is 6. The van der Waals surface area contributed by atoms with E-state index >= 15 is 0 Å².